The number of para-hydroxylation sites is 1. The molecule has 0 bridgehead atoms. The second-order valence-electron chi connectivity index (χ2n) is 5.59. The summed E-state index contributed by atoms with van der Waals surface area (Å²) in [5, 5.41) is 9.86. The zero-order valence-corrected chi connectivity index (χ0v) is 11.8. The summed E-state index contributed by atoms with van der Waals surface area (Å²) in [4.78, 5) is 14.0. The summed E-state index contributed by atoms with van der Waals surface area (Å²) in [6.07, 6.45) is 5.54. The van der Waals surface area contributed by atoms with Gasteiger partial charge in [0.15, 0.2) is 0 Å². The van der Waals surface area contributed by atoms with Gasteiger partial charge in [0.2, 0.25) is 5.91 Å². The third kappa shape index (κ3) is 3.28. The fourth-order valence-electron chi connectivity index (χ4n) is 2.87. The Morgan fingerprint density at radius 1 is 1.37 bits per heavy atom. The molecule has 1 aliphatic rings. The van der Waals surface area contributed by atoms with Crippen molar-refractivity contribution in [3.8, 4) is 5.75 Å². The van der Waals surface area contributed by atoms with Gasteiger partial charge in [-0.1, -0.05) is 31.0 Å². The van der Waals surface area contributed by atoms with E-state index in [4.69, 9.17) is 0 Å². The van der Waals surface area contributed by atoms with Crippen LogP contribution in [0.3, 0.4) is 0 Å². The molecule has 0 aromatic heterocycles. The molecule has 1 saturated carbocycles. The predicted octanol–water partition coefficient (Wildman–Crippen LogP) is 3.49. The van der Waals surface area contributed by atoms with E-state index in [0.29, 0.717) is 12.3 Å². The molecule has 0 heterocycles. The Morgan fingerprint density at radius 2 is 2.00 bits per heavy atom. The van der Waals surface area contributed by atoms with Gasteiger partial charge in [-0.05, 0) is 31.7 Å². The SMILES string of the molecule is CC(c1ccccc1O)N(C)C(=O)CC1CCCC1. The summed E-state index contributed by atoms with van der Waals surface area (Å²) in [5.41, 5.74) is 0.810. The van der Waals surface area contributed by atoms with Crippen molar-refractivity contribution in [1.82, 2.24) is 4.90 Å². The van der Waals surface area contributed by atoms with Crippen molar-refractivity contribution in [2.24, 2.45) is 5.92 Å². The van der Waals surface area contributed by atoms with Gasteiger partial charge in [0, 0.05) is 19.0 Å². The minimum Gasteiger partial charge on any atom is -0.508 e. The lowest BCUT2D eigenvalue weighted by molar-refractivity contribution is -0.132. The number of benzene rings is 1. The fraction of sp³-hybridized carbons (Fsp3) is 0.562. The second kappa shape index (κ2) is 6.09. The number of hydrogen-bond acceptors (Lipinski definition) is 2. The summed E-state index contributed by atoms with van der Waals surface area (Å²) in [7, 11) is 1.83. The zero-order chi connectivity index (χ0) is 13.8. The highest BCUT2D eigenvalue weighted by Gasteiger charge is 2.24. The molecule has 1 unspecified atom stereocenters. The van der Waals surface area contributed by atoms with Crippen LogP contribution in [-0.4, -0.2) is 23.0 Å². The summed E-state index contributed by atoms with van der Waals surface area (Å²) in [5.74, 6) is 1.00. The van der Waals surface area contributed by atoms with Crippen molar-refractivity contribution >= 4 is 5.91 Å². The van der Waals surface area contributed by atoms with E-state index >= 15 is 0 Å². The number of aromatic hydroxyl groups is 1. The fourth-order valence-corrected chi connectivity index (χ4v) is 2.87. The average molecular weight is 261 g/mol. The van der Waals surface area contributed by atoms with Crippen molar-refractivity contribution in [2.45, 2.75) is 45.1 Å². The van der Waals surface area contributed by atoms with E-state index in [1.54, 1.807) is 17.0 Å². The molecule has 0 aliphatic heterocycles. The molecule has 1 fully saturated rings. The maximum absolute atomic E-state index is 12.3. The Morgan fingerprint density at radius 3 is 2.63 bits per heavy atom. The van der Waals surface area contributed by atoms with Gasteiger partial charge in [-0.3, -0.25) is 4.79 Å². The maximum atomic E-state index is 12.3. The Bertz CT molecular complexity index is 438. The summed E-state index contributed by atoms with van der Waals surface area (Å²) in [6.45, 7) is 1.96. The van der Waals surface area contributed by atoms with E-state index in [1.165, 1.54) is 25.7 Å². The predicted molar refractivity (Wildman–Crippen MR) is 75.9 cm³/mol. The average Bonchev–Trinajstić information content (AvgIpc) is 2.90. The molecule has 2 rings (SSSR count). The first-order chi connectivity index (χ1) is 9.09. The molecule has 3 heteroatoms. The van der Waals surface area contributed by atoms with Crippen LogP contribution in [0, 0.1) is 5.92 Å². The van der Waals surface area contributed by atoms with Crippen LogP contribution in [0.25, 0.3) is 0 Å². The number of carbonyl (C=O) groups excluding carboxylic acids is 1. The quantitative estimate of drug-likeness (QED) is 0.901. The molecule has 104 valence electrons. The van der Waals surface area contributed by atoms with E-state index < -0.39 is 0 Å². The van der Waals surface area contributed by atoms with Crippen LogP contribution in [0.2, 0.25) is 0 Å². The van der Waals surface area contributed by atoms with E-state index in [-0.39, 0.29) is 17.7 Å². The lowest BCUT2D eigenvalue weighted by atomic mass is 10.0. The van der Waals surface area contributed by atoms with Gasteiger partial charge in [0.25, 0.3) is 0 Å². The van der Waals surface area contributed by atoms with E-state index in [2.05, 4.69) is 0 Å². The Hall–Kier alpha value is -1.51. The van der Waals surface area contributed by atoms with Crippen molar-refractivity contribution in [1.29, 1.82) is 0 Å². The van der Waals surface area contributed by atoms with Crippen molar-refractivity contribution < 1.29 is 9.90 Å². The van der Waals surface area contributed by atoms with E-state index in [0.717, 1.165) is 5.56 Å². The largest absolute Gasteiger partial charge is 0.508 e. The topological polar surface area (TPSA) is 40.5 Å². The first kappa shape index (κ1) is 13.9. The smallest absolute Gasteiger partial charge is 0.223 e. The molecule has 19 heavy (non-hydrogen) atoms. The standard InChI is InChI=1S/C16H23NO2/c1-12(14-9-5-6-10-15(14)18)17(2)16(19)11-13-7-3-4-8-13/h5-6,9-10,12-13,18H,3-4,7-8,11H2,1-2H3. The van der Waals surface area contributed by atoms with Gasteiger partial charge in [-0.25, -0.2) is 0 Å². The highest BCUT2D eigenvalue weighted by molar-refractivity contribution is 5.76. The van der Waals surface area contributed by atoms with Crippen LogP contribution in [0.1, 0.15) is 50.6 Å². The Kier molecular flexibility index (Phi) is 4.46. The lowest BCUT2D eigenvalue weighted by Gasteiger charge is -2.27. The summed E-state index contributed by atoms with van der Waals surface area (Å²) >= 11 is 0. The Balaban J connectivity index is 2.00. The third-order valence-corrected chi connectivity index (χ3v) is 4.30. The van der Waals surface area contributed by atoms with Crippen LogP contribution in [-0.2, 0) is 4.79 Å². The number of amides is 1. The van der Waals surface area contributed by atoms with Crippen LogP contribution in [0.15, 0.2) is 24.3 Å². The molecule has 1 N–H and O–H groups in total. The molecule has 1 aromatic rings. The number of carbonyl (C=O) groups is 1. The maximum Gasteiger partial charge on any atom is 0.223 e. The monoisotopic (exact) mass is 261 g/mol. The van der Waals surface area contributed by atoms with Gasteiger partial charge in [-0.15, -0.1) is 0 Å². The van der Waals surface area contributed by atoms with Crippen LogP contribution in [0.5, 0.6) is 5.75 Å². The first-order valence-corrected chi connectivity index (χ1v) is 7.13. The number of nitrogens with zero attached hydrogens (tertiary/aromatic N) is 1. The minimum absolute atomic E-state index is 0.0879. The molecule has 0 saturated heterocycles. The van der Waals surface area contributed by atoms with Crippen molar-refractivity contribution in [3.63, 3.8) is 0 Å². The van der Waals surface area contributed by atoms with Crippen LogP contribution >= 0.6 is 0 Å². The first-order valence-electron chi connectivity index (χ1n) is 7.13. The van der Waals surface area contributed by atoms with Gasteiger partial charge in [0.05, 0.1) is 6.04 Å². The molecule has 1 amide bonds. The number of phenols is 1. The normalized spacial score (nSPS) is 17.4. The van der Waals surface area contributed by atoms with Crippen LogP contribution in [0.4, 0.5) is 0 Å². The van der Waals surface area contributed by atoms with Crippen molar-refractivity contribution in [3.05, 3.63) is 29.8 Å². The van der Waals surface area contributed by atoms with Gasteiger partial charge in [0.1, 0.15) is 5.75 Å². The molecule has 0 radical (unpaired) electrons. The van der Waals surface area contributed by atoms with Gasteiger partial charge in [-0.2, -0.15) is 0 Å². The minimum atomic E-state index is -0.0879. The van der Waals surface area contributed by atoms with Gasteiger partial charge >= 0.3 is 0 Å². The second-order valence-corrected chi connectivity index (χ2v) is 5.59. The molecular weight excluding hydrogens is 238 g/mol. The molecule has 1 atom stereocenters. The molecule has 1 aliphatic carbocycles. The number of rotatable bonds is 4. The molecular formula is C16H23NO2. The zero-order valence-electron chi connectivity index (χ0n) is 11.8. The third-order valence-electron chi connectivity index (χ3n) is 4.30. The summed E-state index contributed by atoms with van der Waals surface area (Å²) in [6, 6.07) is 7.14. The van der Waals surface area contributed by atoms with Crippen LogP contribution < -0.4 is 0 Å². The van der Waals surface area contributed by atoms with Crippen molar-refractivity contribution in [2.75, 3.05) is 7.05 Å². The molecule has 1 aromatic carbocycles. The van der Waals surface area contributed by atoms with E-state index in [9.17, 15) is 9.90 Å². The molecule has 0 spiro atoms. The highest BCUT2D eigenvalue weighted by Crippen LogP contribution is 2.31. The van der Waals surface area contributed by atoms with E-state index in [1.807, 2.05) is 26.1 Å². The number of hydrogen-bond donors (Lipinski definition) is 1. The number of phenolic OH excluding ortho intramolecular Hbond substituents is 1. The molecule has 3 nitrogen and oxygen atoms in total. The lowest BCUT2D eigenvalue weighted by Crippen LogP contribution is -2.30. The Labute approximate surface area is 115 Å². The summed E-state index contributed by atoms with van der Waals surface area (Å²) < 4.78 is 0. The van der Waals surface area contributed by atoms with Gasteiger partial charge < -0.3 is 10.0 Å². The highest BCUT2D eigenvalue weighted by atomic mass is 16.3.